The number of halogens is 1. The molecule has 224 valence electrons. The lowest BCUT2D eigenvalue weighted by atomic mass is 10.1. The number of aromatic nitrogens is 1. The molecule has 2 aliphatic heterocycles. The molecule has 6 rings (SSSR count). The van der Waals surface area contributed by atoms with Gasteiger partial charge in [0.25, 0.3) is 11.8 Å². The molecule has 1 saturated heterocycles. The number of anilines is 2. The summed E-state index contributed by atoms with van der Waals surface area (Å²) in [5, 5.41) is 3.04. The predicted octanol–water partition coefficient (Wildman–Crippen LogP) is 5.84. The number of carbonyl (C=O) groups is 2. The molecule has 7 nitrogen and oxygen atoms in total. The van der Waals surface area contributed by atoms with E-state index in [1.165, 1.54) is 29.6 Å². The molecule has 0 atom stereocenters. The molecule has 0 unspecified atom stereocenters. The van der Waals surface area contributed by atoms with Gasteiger partial charge in [-0.15, -0.1) is 0 Å². The smallest absolute Gasteiger partial charge is 0.265 e. The third-order valence-electron chi connectivity index (χ3n) is 7.89. The zero-order chi connectivity index (χ0) is 30.3. The van der Waals surface area contributed by atoms with Gasteiger partial charge < -0.3 is 15.1 Å². The Morgan fingerprint density at radius 3 is 2.39 bits per heavy atom. The number of pyridine rings is 1. The normalized spacial score (nSPS) is 16.2. The van der Waals surface area contributed by atoms with E-state index in [9.17, 15) is 14.0 Å². The van der Waals surface area contributed by atoms with Crippen LogP contribution in [-0.2, 0) is 11.3 Å². The van der Waals surface area contributed by atoms with Crippen molar-refractivity contribution in [3.63, 3.8) is 0 Å². The van der Waals surface area contributed by atoms with Crippen LogP contribution in [-0.4, -0.2) is 61.0 Å². The summed E-state index contributed by atoms with van der Waals surface area (Å²) in [5.41, 5.74) is 4.32. The minimum atomic E-state index is -0.306. The van der Waals surface area contributed by atoms with Gasteiger partial charge in [0, 0.05) is 61.3 Å². The molecule has 1 aromatic heterocycles. The van der Waals surface area contributed by atoms with Crippen LogP contribution in [0.3, 0.4) is 0 Å². The third kappa shape index (κ3) is 7.18. The quantitative estimate of drug-likeness (QED) is 0.190. The van der Waals surface area contributed by atoms with Crippen LogP contribution < -0.4 is 15.1 Å². The number of amides is 2. The maximum atomic E-state index is 13.6. The number of benzene rings is 3. The van der Waals surface area contributed by atoms with Crippen molar-refractivity contribution in [1.82, 2.24) is 15.2 Å². The summed E-state index contributed by atoms with van der Waals surface area (Å²) in [6.45, 7) is 5.89. The first-order chi connectivity index (χ1) is 21.5. The Kier molecular flexibility index (Phi) is 9.34. The Hall–Kier alpha value is -4.47. The zero-order valence-corrected chi connectivity index (χ0v) is 25.2. The Bertz CT molecular complexity index is 1620. The maximum absolute atomic E-state index is 13.6. The largest absolute Gasteiger partial charge is 0.369 e. The summed E-state index contributed by atoms with van der Waals surface area (Å²) < 4.78 is 13.4. The average molecular weight is 608 g/mol. The molecule has 9 heteroatoms. The van der Waals surface area contributed by atoms with Gasteiger partial charge >= 0.3 is 0 Å². The van der Waals surface area contributed by atoms with E-state index in [2.05, 4.69) is 20.1 Å². The number of carbonyl (C=O) groups excluding carboxylic acids is 2. The summed E-state index contributed by atoms with van der Waals surface area (Å²) in [6.07, 6.45) is 6.41. The van der Waals surface area contributed by atoms with Crippen LogP contribution in [0.15, 0.2) is 107 Å². The molecule has 0 aliphatic carbocycles. The number of para-hydroxylation sites is 1. The van der Waals surface area contributed by atoms with Crippen molar-refractivity contribution in [2.45, 2.75) is 17.9 Å². The van der Waals surface area contributed by atoms with Gasteiger partial charge in [0.1, 0.15) is 5.82 Å². The Labute approximate surface area is 261 Å². The topological polar surface area (TPSA) is 68.8 Å². The fourth-order valence-corrected chi connectivity index (χ4v) is 6.52. The van der Waals surface area contributed by atoms with Crippen LogP contribution in [0.25, 0.3) is 6.08 Å². The van der Waals surface area contributed by atoms with Crippen molar-refractivity contribution >= 4 is 41.0 Å². The van der Waals surface area contributed by atoms with E-state index in [0.29, 0.717) is 23.6 Å². The first kappa shape index (κ1) is 29.6. The van der Waals surface area contributed by atoms with Gasteiger partial charge in [-0.1, -0.05) is 48.2 Å². The van der Waals surface area contributed by atoms with Crippen LogP contribution in [0.2, 0.25) is 0 Å². The molecule has 2 aliphatic rings. The molecule has 2 amide bonds. The lowest BCUT2D eigenvalue weighted by Crippen LogP contribution is -2.47. The number of thioether (sulfide) groups is 1. The van der Waals surface area contributed by atoms with E-state index in [0.717, 1.165) is 60.9 Å². The molecule has 4 aromatic rings. The van der Waals surface area contributed by atoms with Gasteiger partial charge in [0.15, 0.2) is 0 Å². The Morgan fingerprint density at radius 1 is 0.909 bits per heavy atom. The van der Waals surface area contributed by atoms with Crippen LogP contribution >= 0.6 is 11.8 Å². The van der Waals surface area contributed by atoms with Crippen LogP contribution in [0.4, 0.5) is 15.8 Å². The highest BCUT2D eigenvalue weighted by Gasteiger charge is 2.29. The molecule has 44 heavy (non-hydrogen) atoms. The summed E-state index contributed by atoms with van der Waals surface area (Å²) in [7, 11) is 0. The van der Waals surface area contributed by atoms with Gasteiger partial charge in [-0.25, -0.2) is 4.39 Å². The second-order valence-corrected chi connectivity index (χ2v) is 11.9. The van der Waals surface area contributed by atoms with Crippen molar-refractivity contribution in [2.24, 2.45) is 0 Å². The van der Waals surface area contributed by atoms with Gasteiger partial charge in [-0.2, -0.15) is 0 Å². The number of rotatable bonds is 9. The van der Waals surface area contributed by atoms with Gasteiger partial charge in [0.05, 0.1) is 17.1 Å². The lowest BCUT2D eigenvalue weighted by molar-refractivity contribution is -0.114. The highest BCUT2D eigenvalue weighted by Crippen LogP contribution is 2.42. The summed E-state index contributed by atoms with van der Waals surface area (Å²) in [6, 6.07) is 25.4. The number of hydrogen-bond acceptors (Lipinski definition) is 6. The molecule has 0 bridgehead atoms. The number of nitrogens with zero attached hydrogens (tertiary/aromatic N) is 4. The molecule has 0 spiro atoms. The number of hydrogen-bond donors (Lipinski definition) is 1. The van der Waals surface area contributed by atoms with Gasteiger partial charge in [-0.3, -0.25) is 19.5 Å². The minimum Gasteiger partial charge on any atom is -0.369 e. The average Bonchev–Trinajstić information content (AvgIpc) is 3.07. The monoisotopic (exact) mass is 607 g/mol. The van der Waals surface area contributed by atoms with E-state index < -0.39 is 0 Å². The zero-order valence-electron chi connectivity index (χ0n) is 24.4. The summed E-state index contributed by atoms with van der Waals surface area (Å²) in [5.74, 6) is -0.521. The van der Waals surface area contributed by atoms with E-state index >= 15 is 0 Å². The SMILES string of the molecule is O=C(NCCCN1CCN(c2ccncc2)CC1)c1ccc(C=C2Sc3ccccc3N(Cc3ccc(F)cc3)C2=O)cc1. The fraction of sp³-hybridized carbons (Fsp3) is 0.229. The van der Waals surface area contributed by atoms with E-state index in [-0.39, 0.29) is 17.6 Å². The molecule has 3 aromatic carbocycles. The Morgan fingerprint density at radius 2 is 1.64 bits per heavy atom. The standard InChI is InChI=1S/C35H34FN5O2S/c36-29-12-8-27(9-13-29)25-41-31-4-1-2-5-32(31)44-33(35(41)43)24-26-6-10-28(11-7-26)34(42)38-16-3-19-39-20-22-40(23-21-39)30-14-17-37-18-15-30/h1-2,4-15,17-18,24H,3,16,19-23,25H2,(H,38,42). The first-order valence-corrected chi connectivity index (χ1v) is 15.7. The summed E-state index contributed by atoms with van der Waals surface area (Å²) in [4.78, 5) is 38.6. The lowest BCUT2D eigenvalue weighted by Gasteiger charge is -2.36. The molecule has 1 N–H and O–H groups in total. The third-order valence-corrected chi connectivity index (χ3v) is 8.97. The second kappa shape index (κ2) is 13.9. The number of fused-ring (bicyclic) bond motifs is 1. The highest BCUT2D eigenvalue weighted by molar-refractivity contribution is 8.04. The molecule has 0 radical (unpaired) electrons. The van der Waals surface area contributed by atoms with E-state index in [1.807, 2.05) is 67.0 Å². The van der Waals surface area contributed by atoms with Gasteiger partial charge in [0.2, 0.25) is 0 Å². The number of nitrogens with one attached hydrogen (secondary N) is 1. The van der Waals surface area contributed by atoms with Gasteiger partial charge in [-0.05, 0) is 78.7 Å². The van der Waals surface area contributed by atoms with Crippen LogP contribution in [0.5, 0.6) is 0 Å². The maximum Gasteiger partial charge on any atom is 0.265 e. The van der Waals surface area contributed by atoms with Crippen molar-refractivity contribution in [3.8, 4) is 0 Å². The van der Waals surface area contributed by atoms with Crippen molar-refractivity contribution in [2.75, 3.05) is 49.1 Å². The van der Waals surface area contributed by atoms with Crippen molar-refractivity contribution < 1.29 is 14.0 Å². The van der Waals surface area contributed by atoms with Crippen molar-refractivity contribution in [1.29, 1.82) is 0 Å². The van der Waals surface area contributed by atoms with Crippen molar-refractivity contribution in [3.05, 3.63) is 125 Å². The van der Waals surface area contributed by atoms with Crippen LogP contribution in [0.1, 0.15) is 27.9 Å². The molecular weight excluding hydrogens is 573 g/mol. The van der Waals surface area contributed by atoms with E-state index in [4.69, 9.17) is 0 Å². The molecule has 1 fully saturated rings. The number of piperazine rings is 1. The first-order valence-electron chi connectivity index (χ1n) is 14.8. The summed E-state index contributed by atoms with van der Waals surface area (Å²) >= 11 is 1.43. The highest BCUT2D eigenvalue weighted by atomic mass is 32.2. The molecule has 3 heterocycles. The van der Waals surface area contributed by atoms with E-state index in [1.54, 1.807) is 29.2 Å². The predicted molar refractivity (Wildman–Crippen MR) is 174 cm³/mol. The molecular formula is C35H34FN5O2S. The minimum absolute atomic E-state index is 0.103. The fourth-order valence-electron chi connectivity index (χ4n) is 5.46. The Balaban J connectivity index is 1.01. The van der Waals surface area contributed by atoms with Crippen LogP contribution in [0, 0.1) is 5.82 Å². The second-order valence-electron chi connectivity index (χ2n) is 10.9. The molecule has 0 saturated carbocycles.